The largest absolute Gasteiger partial charge is 0.494 e. The minimum absolute atomic E-state index is 0.178. The molecule has 158 valence electrons. The van der Waals surface area contributed by atoms with Crippen LogP contribution in [0, 0.1) is 0 Å². The van der Waals surface area contributed by atoms with Crippen LogP contribution in [-0.2, 0) is 6.42 Å². The van der Waals surface area contributed by atoms with E-state index in [1.807, 2.05) is 67.4 Å². The number of aromatic amines is 2. The van der Waals surface area contributed by atoms with E-state index in [1.165, 1.54) is 4.57 Å². The molecule has 7 nitrogen and oxygen atoms in total. The fraction of sp³-hybridized carbons (Fsp3) is 0.250. The van der Waals surface area contributed by atoms with Gasteiger partial charge in [-0.25, -0.2) is 4.79 Å². The Labute approximate surface area is 178 Å². The summed E-state index contributed by atoms with van der Waals surface area (Å²) in [5.41, 5.74) is 2.87. The van der Waals surface area contributed by atoms with E-state index >= 15 is 0 Å². The van der Waals surface area contributed by atoms with Crippen LogP contribution in [0.4, 0.5) is 0 Å². The van der Waals surface area contributed by atoms with Crippen LogP contribution in [0.5, 0.6) is 5.88 Å². The van der Waals surface area contributed by atoms with Gasteiger partial charge in [-0.2, -0.15) is 0 Å². The second-order valence-electron chi connectivity index (χ2n) is 8.15. The van der Waals surface area contributed by atoms with Crippen LogP contribution in [0.3, 0.4) is 0 Å². The minimum atomic E-state index is -0.627. The first-order chi connectivity index (χ1) is 15.0. The molecule has 7 heteroatoms. The normalized spacial score (nSPS) is 17.5. The Kier molecular flexibility index (Phi) is 4.55. The lowest BCUT2D eigenvalue weighted by atomic mass is 9.93. The van der Waals surface area contributed by atoms with Gasteiger partial charge < -0.3 is 10.1 Å². The number of hydrogen-bond donors (Lipinski definition) is 3. The van der Waals surface area contributed by atoms with Crippen LogP contribution in [0.2, 0.25) is 0 Å². The quantitative estimate of drug-likeness (QED) is 0.479. The summed E-state index contributed by atoms with van der Waals surface area (Å²) in [5, 5.41) is 12.4. The number of nitrogens with one attached hydrogen (secondary N) is 2. The van der Waals surface area contributed by atoms with Gasteiger partial charge in [0.1, 0.15) is 5.56 Å². The third kappa shape index (κ3) is 3.00. The minimum Gasteiger partial charge on any atom is -0.494 e. The molecule has 1 aliphatic rings. The second-order valence-corrected chi connectivity index (χ2v) is 8.15. The molecule has 3 N–H and O–H groups in total. The lowest BCUT2D eigenvalue weighted by Crippen LogP contribution is -2.40. The average Bonchev–Trinajstić information content (AvgIpc) is 3.14. The van der Waals surface area contributed by atoms with Crippen LogP contribution in [0.25, 0.3) is 10.9 Å². The van der Waals surface area contributed by atoms with Crippen molar-refractivity contribution in [2.45, 2.75) is 25.4 Å². The second kappa shape index (κ2) is 7.28. The van der Waals surface area contributed by atoms with Crippen molar-refractivity contribution in [2.75, 3.05) is 13.6 Å². The number of likely N-dealkylation sites (N-methyl/N-ethyl adjacent to an activating group) is 1. The molecule has 0 amide bonds. The maximum atomic E-state index is 13.0. The summed E-state index contributed by atoms with van der Waals surface area (Å²) >= 11 is 0. The topological polar surface area (TPSA) is 94.1 Å². The highest BCUT2D eigenvalue weighted by atomic mass is 16.3. The van der Waals surface area contributed by atoms with E-state index in [0.29, 0.717) is 0 Å². The van der Waals surface area contributed by atoms with Crippen molar-refractivity contribution >= 4 is 10.9 Å². The number of hydrogen-bond acceptors (Lipinski definition) is 4. The molecule has 0 radical (unpaired) electrons. The lowest BCUT2D eigenvalue weighted by Gasteiger charge is -2.33. The van der Waals surface area contributed by atoms with E-state index in [9.17, 15) is 14.7 Å². The zero-order valence-electron chi connectivity index (χ0n) is 17.4. The molecule has 1 aliphatic heterocycles. The van der Waals surface area contributed by atoms with Gasteiger partial charge in [-0.3, -0.25) is 19.2 Å². The first-order valence-corrected chi connectivity index (χ1v) is 10.4. The molecule has 0 saturated heterocycles. The molecule has 2 aromatic heterocycles. The third-order valence-electron chi connectivity index (χ3n) is 6.37. The first kappa shape index (κ1) is 19.4. The van der Waals surface area contributed by atoms with E-state index in [-0.39, 0.29) is 11.4 Å². The number of rotatable bonds is 3. The first-order valence-electron chi connectivity index (χ1n) is 10.4. The monoisotopic (exact) mass is 416 g/mol. The molecule has 0 aliphatic carbocycles. The predicted octanol–water partition coefficient (Wildman–Crippen LogP) is 2.91. The number of para-hydroxylation sites is 1. The van der Waals surface area contributed by atoms with Crippen molar-refractivity contribution in [1.82, 2.24) is 19.4 Å². The SMILES string of the molecule is C[C@H](c1ccccc1)n1c(O)c([C@@H]2c3[nH]c4ccccc4c3CCN2C)c(=O)[nH]c1=O. The van der Waals surface area contributed by atoms with E-state index in [1.54, 1.807) is 0 Å². The smallest absolute Gasteiger partial charge is 0.331 e. The maximum absolute atomic E-state index is 13.0. The molecule has 2 aromatic carbocycles. The van der Waals surface area contributed by atoms with Crippen molar-refractivity contribution in [3.05, 3.63) is 97.8 Å². The highest BCUT2D eigenvalue weighted by Gasteiger charge is 2.35. The molecule has 0 unspecified atom stereocenters. The highest BCUT2D eigenvalue weighted by Crippen LogP contribution is 2.39. The van der Waals surface area contributed by atoms with Gasteiger partial charge in [0.15, 0.2) is 0 Å². The van der Waals surface area contributed by atoms with Crippen LogP contribution in [-0.4, -0.2) is 38.1 Å². The van der Waals surface area contributed by atoms with Gasteiger partial charge in [-0.1, -0.05) is 48.5 Å². The molecular formula is C24H24N4O3. The summed E-state index contributed by atoms with van der Waals surface area (Å²) in [7, 11) is 1.92. The van der Waals surface area contributed by atoms with Crippen LogP contribution < -0.4 is 11.2 Å². The standard InChI is InChI=1S/C24H24N4O3/c1-14(15-8-4-3-5-9-15)28-23(30)19(22(29)26-24(28)31)21-20-17(12-13-27(21)2)16-10-6-7-11-18(16)25-20/h3-11,14,21,25,30H,12-13H2,1-2H3,(H,26,29,31)/t14-,21-/m1/s1. The van der Waals surface area contributed by atoms with Crippen LogP contribution in [0.1, 0.15) is 41.4 Å². The summed E-state index contributed by atoms with van der Waals surface area (Å²) in [4.78, 5) is 33.6. The number of H-pyrrole nitrogens is 2. The van der Waals surface area contributed by atoms with Gasteiger partial charge in [0.25, 0.3) is 5.56 Å². The van der Waals surface area contributed by atoms with E-state index in [2.05, 4.69) is 16.0 Å². The van der Waals surface area contributed by atoms with Crippen molar-refractivity contribution in [2.24, 2.45) is 0 Å². The van der Waals surface area contributed by atoms with Gasteiger partial charge in [-0.15, -0.1) is 0 Å². The van der Waals surface area contributed by atoms with Gasteiger partial charge in [0, 0.05) is 23.1 Å². The number of nitrogens with zero attached hydrogens (tertiary/aromatic N) is 2. The fourth-order valence-electron chi connectivity index (χ4n) is 4.76. The molecule has 0 spiro atoms. The van der Waals surface area contributed by atoms with E-state index in [4.69, 9.17) is 0 Å². The molecule has 3 heterocycles. The maximum Gasteiger partial charge on any atom is 0.331 e. The number of fused-ring (bicyclic) bond motifs is 3. The van der Waals surface area contributed by atoms with Crippen LogP contribution >= 0.6 is 0 Å². The zero-order chi connectivity index (χ0) is 21.7. The fourth-order valence-corrected chi connectivity index (χ4v) is 4.76. The number of aromatic nitrogens is 3. The predicted molar refractivity (Wildman–Crippen MR) is 120 cm³/mol. The Hall–Kier alpha value is -3.58. The van der Waals surface area contributed by atoms with Gasteiger partial charge >= 0.3 is 5.69 Å². The average molecular weight is 416 g/mol. The van der Waals surface area contributed by atoms with Crippen molar-refractivity contribution in [1.29, 1.82) is 0 Å². The highest BCUT2D eigenvalue weighted by molar-refractivity contribution is 5.85. The van der Waals surface area contributed by atoms with E-state index in [0.717, 1.165) is 40.7 Å². The lowest BCUT2D eigenvalue weighted by molar-refractivity contribution is 0.249. The van der Waals surface area contributed by atoms with Gasteiger partial charge in [0.2, 0.25) is 5.88 Å². The van der Waals surface area contributed by atoms with Crippen molar-refractivity contribution < 1.29 is 5.11 Å². The number of benzene rings is 2. The third-order valence-corrected chi connectivity index (χ3v) is 6.37. The Bertz CT molecular complexity index is 1380. The molecule has 0 bridgehead atoms. The van der Waals surface area contributed by atoms with Crippen molar-refractivity contribution in [3.8, 4) is 5.88 Å². The van der Waals surface area contributed by atoms with Gasteiger partial charge in [0.05, 0.1) is 12.1 Å². The Morgan fingerprint density at radius 3 is 2.52 bits per heavy atom. The number of aromatic hydroxyl groups is 1. The van der Waals surface area contributed by atoms with Crippen LogP contribution in [0.15, 0.2) is 64.2 Å². The molecule has 5 rings (SSSR count). The van der Waals surface area contributed by atoms with E-state index < -0.39 is 23.3 Å². The molecule has 2 atom stereocenters. The Morgan fingerprint density at radius 1 is 1.03 bits per heavy atom. The summed E-state index contributed by atoms with van der Waals surface area (Å²) in [6, 6.07) is 16.5. The molecule has 0 saturated carbocycles. The Balaban J connectivity index is 1.73. The Morgan fingerprint density at radius 2 is 1.74 bits per heavy atom. The van der Waals surface area contributed by atoms with Gasteiger partial charge in [-0.05, 0) is 37.6 Å². The molecular weight excluding hydrogens is 392 g/mol. The molecule has 0 fully saturated rings. The summed E-state index contributed by atoms with van der Waals surface area (Å²) < 4.78 is 1.26. The molecule has 31 heavy (non-hydrogen) atoms. The van der Waals surface area contributed by atoms with Crippen molar-refractivity contribution in [3.63, 3.8) is 0 Å². The summed E-state index contributed by atoms with van der Waals surface area (Å²) in [5.74, 6) is -0.298. The molecule has 4 aromatic rings. The summed E-state index contributed by atoms with van der Waals surface area (Å²) in [6.45, 7) is 2.56. The zero-order valence-corrected chi connectivity index (χ0v) is 17.4. The summed E-state index contributed by atoms with van der Waals surface area (Å²) in [6.07, 6.45) is 0.838.